The minimum absolute atomic E-state index is 0.0385. The van der Waals surface area contributed by atoms with E-state index in [4.69, 9.17) is 5.11 Å². The van der Waals surface area contributed by atoms with Gasteiger partial charge in [0.15, 0.2) is 0 Å². The molecule has 0 heterocycles. The Hall–Kier alpha value is -2.55. The molecule has 8 nitrogen and oxygen atoms in total. The van der Waals surface area contributed by atoms with Crippen molar-refractivity contribution in [3.63, 3.8) is 0 Å². The Kier molecular flexibility index (Phi) is 5.73. The number of carbonyl (C=O) groups is 2. The van der Waals surface area contributed by atoms with Crippen molar-refractivity contribution in [3.8, 4) is 0 Å². The normalized spacial score (nSPS) is 11.1. The fraction of sp³-hybridized carbons (Fsp3) is 0.167. The monoisotopic (exact) mass is 314 g/mol. The Labute approximate surface area is 121 Å². The molecule has 1 rings (SSSR count). The van der Waals surface area contributed by atoms with Gasteiger partial charge in [0.2, 0.25) is 0 Å². The molecule has 3 N–H and O–H groups in total. The van der Waals surface area contributed by atoms with E-state index in [1.807, 2.05) is 0 Å². The van der Waals surface area contributed by atoms with E-state index in [1.165, 1.54) is 31.2 Å². The zero-order valence-electron chi connectivity index (χ0n) is 11.1. The summed E-state index contributed by atoms with van der Waals surface area (Å²) in [6.07, 6.45) is 1.13. The van der Waals surface area contributed by atoms with Crippen molar-refractivity contribution in [1.29, 1.82) is 0 Å². The first kappa shape index (κ1) is 16.5. The molecular formula is C12H14N2O6S. The number of aliphatic carboxylic acids is 1. The summed E-state index contributed by atoms with van der Waals surface area (Å²) in [5.74, 6) is -1.12. The standard InChI is InChI=1S/C12H14N2O6S/c1-2-20-12(17)14-21(18,19)13-10-5-3-4-9(8-10)6-7-11(15)16/h3-8,13H,2H2,1H3,(H,14,17)(H,15,16)/b7-6+. The second-order valence-corrected chi connectivity index (χ2v) is 5.14. The lowest BCUT2D eigenvalue weighted by molar-refractivity contribution is -0.131. The number of hydrogen-bond acceptors (Lipinski definition) is 5. The molecule has 114 valence electrons. The number of benzene rings is 1. The second kappa shape index (κ2) is 7.29. The molecule has 1 amide bonds. The van der Waals surface area contributed by atoms with Crippen LogP contribution in [0.4, 0.5) is 10.5 Å². The fourth-order valence-corrected chi connectivity index (χ4v) is 2.09. The number of anilines is 1. The van der Waals surface area contributed by atoms with Crippen molar-refractivity contribution in [3.05, 3.63) is 35.9 Å². The van der Waals surface area contributed by atoms with Crippen LogP contribution in [-0.2, 0) is 19.7 Å². The van der Waals surface area contributed by atoms with Gasteiger partial charge < -0.3 is 9.84 Å². The summed E-state index contributed by atoms with van der Waals surface area (Å²) in [7, 11) is -4.12. The SMILES string of the molecule is CCOC(=O)NS(=O)(=O)Nc1cccc(/C=C/C(=O)O)c1. The van der Waals surface area contributed by atoms with Gasteiger partial charge in [0.05, 0.1) is 12.3 Å². The molecule has 0 aliphatic heterocycles. The second-order valence-electron chi connectivity index (χ2n) is 3.73. The van der Waals surface area contributed by atoms with E-state index in [2.05, 4.69) is 9.46 Å². The summed E-state index contributed by atoms with van der Waals surface area (Å²) in [5.41, 5.74) is 0.646. The van der Waals surface area contributed by atoms with Crippen LogP contribution in [0.25, 0.3) is 6.08 Å². The Morgan fingerprint density at radius 3 is 2.71 bits per heavy atom. The minimum Gasteiger partial charge on any atom is -0.478 e. The first-order valence-corrected chi connectivity index (χ1v) is 7.29. The maximum absolute atomic E-state index is 11.6. The van der Waals surface area contributed by atoms with Crippen LogP contribution in [-0.4, -0.2) is 32.2 Å². The van der Waals surface area contributed by atoms with Gasteiger partial charge in [0.25, 0.3) is 0 Å². The summed E-state index contributed by atoms with van der Waals surface area (Å²) in [5, 5.41) is 8.52. The molecular weight excluding hydrogens is 300 g/mol. The molecule has 0 saturated heterocycles. The Morgan fingerprint density at radius 1 is 1.38 bits per heavy atom. The van der Waals surface area contributed by atoms with Crippen LogP contribution in [0.2, 0.25) is 0 Å². The Morgan fingerprint density at radius 2 is 2.10 bits per heavy atom. The van der Waals surface area contributed by atoms with Crippen LogP contribution in [0.5, 0.6) is 0 Å². The lowest BCUT2D eigenvalue weighted by atomic mass is 10.2. The van der Waals surface area contributed by atoms with E-state index in [0.29, 0.717) is 5.56 Å². The predicted molar refractivity (Wildman–Crippen MR) is 75.8 cm³/mol. The predicted octanol–water partition coefficient (Wildman–Crippen LogP) is 1.19. The summed E-state index contributed by atoms with van der Waals surface area (Å²) in [4.78, 5) is 21.5. The fourth-order valence-electron chi connectivity index (χ4n) is 1.32. The van der Waals surface area contributed by atoms with Crippen molar-refractivity contribution < 1.29 is 27.9 Å². The van der Waals surface area contributed by atoms with E-state index in [0.717, 1.165) is 6.08 Å². The number of ether oxygens (including phenoxy) is 1. The minimum atomic E-state index is -4.12. The topological polar surface area (TPSA) is 122 Å². The van der Waals surface area contributed by atoms with Crippen molar-refractivity contribution in [2.45, 2.75) is 6.92 Å². The highest BCUT2D eigenvalue weighted by Gasteiger charge is 2.14. The molecule has 0 aromatic heterocycles. The number of hydrogen-bond donors (Lipinski definition) is 3. The van der Waals surface area contributed by atoms with E-state index >= 15 is 0 Å². The van der Waals surface area contributed by atoms with E-state index < -0.39 is 22.3 Å². The number of carboxylic acid groups (broad SMARTS) is 1. The number of amides is 1. The van der Waals surface area contributed by atoms with Gasteiger partial charge in [-0.2, -0.15) is 8.42 Å². The average Bonchev–Trinajstić information content (AvgIpc) is 2.35. The third kappa shape index (κ3) is 6.43. The molecule has 0 radical (unpaired) electrons. The first-order chi connectivity index (χ1) is 9.82. The van der Waals surface area contributed by atoms with Gasteiger partial charge in [-0.25, -0.2) is 14.3 Å². The third-order valence-corrected chi connectivity index (χ3v) is 2.99. The molecule has 0 atom stereocenters. The molecule has 0 saturated carbocycles. The van der Waals surface area contributed by atoms with Crippen LogP contribution in [0.3, 0.4) is 0 Å². The molecule has 0 unspecified atom stereocenters. The van der Waals surface area contributed by atoms with Crippen molar-refractivity contribution in [2.24, 2.45) is 0 Å². The van der Waals surface area contributed by atoms with Crippen molar-refractivity contribution in [1.82, 2.24) is 4.72 Å². The molecule has 1 aromatic rings. The van der Waals surface area contributed by atoms with Crippen LogP contribution >= 0.6 is 0 Å². The highest BCUT2D eigenvalue weighted by atomic mass is 32.2. The highest BCUT2D eigenvalue weighted by Crippen LogP contribution is 2.13. The third-order valence-electron chi connectivity index (χ3n) is 2.05. The summed E-state index contributed by atoms with van der Waals surface area (Å²) in [6.45, 7) is 1.58. The van der Waals surface area contributed by atoms with Crippen LogP contribution in [0.1, 0.15) is 12.5 Å². The van der Waals surface area contributed by atoms with Gasteiger partial charge >= 0.3 is 22.3 Å². The van der Waals surface area contributed by atoms with E-state index in [-0.39, 0.29) is 12.3 Å². The summed E-state index contributed by atoms with van der Waals surface area (Å²) < 4.78 is 31.5. The average molecular weight is 314 g/mol. The number of carboxylic acids is 1. The van der Waals surface area contributed by atoms with Crippen molar-refractivity contribution in [2.75, 3.05) is 11.3 Å². The largest absolute Gasteiger partial charge is 0.478 e. The quantitative estimate of drug-likeness (QED) is 0.678. The van der Waals surface area contributed by atoms with Gasteiger partial charge in [-0.1, -0.05) is 12.1 Å². The molecule has 0 spiro atoms. The maximum atomic E-state index is 11.6. The first-order valence-electron chi connectivity index (χ1n) is 5.81. The zero-order chi connectivity index (χ0) is 15.9. The smallest absolute Gasteiger partial charge is 0.422 e. The molecule has 0 aliphatic carbocycles. The van der Waals surface area contributed by atoms with Gasteiger partial charge in [-0.3, -0.25) is 4.72 Å². The summed E-state index contributed by atoms with van der Waals surface area (Å²) >= 11 is 0. The van der Waals surface area contributed by atoms with Crippen molar-refractivity contribution >= 4 is 34.0 Å². The van der Waals surface area contributed by atoms with Gasteiger partial charge in [0, 0.05) is 6.08 Å². The molecule has 1 aromatic carbocycles. The molecule has 0 aliphatic rings. The van der Waals surface area contributed by atoms with Gasteiger partial charge in [-0.05, 0) is 30.7 Å². The Balaban J connectivity index is 2.80. The number of rotatable bonds is 6. The number of carbonyl (C=O) groups excluding carboxylic acids is 1. The molecule has 21 heavy (non-hydrogen) atoms. The number of nitrogens with one attached hydrogen (secondary N) is 2. The summed E-state index contributed by atoms with van der Waals surface area (Å²) in [6, 6.07) is 5.98. The maximum Gasteiger partial charge on any atom is 0.422 e. The Bertz CT molecular complexity index is 653. The van der Waals surface area contributed by atoms with E-state index in [1.54, 1.807) is 10.8 Å². The van der Waals surface area contributed by atoms with Gasteiger partial charge in [-0.15, -0.1) is 0 Å². The highest BCUT2D eigenvalue weighted by molar-refractivity contribution is 7.91. The lowest BCUT2D eigenvalue weighted by Crippen LogP contribution is -2.35. The molecule has 9 heteroatoms. The molecule has 0 bridgehead atoms. The van der Waals surface area contributed by atoms with E-state index in [9.17, 15) is 18.0 Å². The van der Waals surface area contributed by atoms with Gasteiger partial charge in [0.1, 0.15) is 0 Å². The van der Waals surface area contributed by atoms with Crippen LogP contribution in [0, 0.1) is 0 Å². The van der Waals surface area contributed by atoms with Crippen LogP contribution in [0.15, 0.2) is 30.3 Å². The zero-order valence-corrected chi connectivity index (χ0v) is 11.9. The lowest BCUT2D eigenvalue weighted by Gasteiger charge is -2.09. The van der Waals surface area contributed by atoms with Crippen LogP contribution < -0.4 is 9.44 Å². The molecule has 0 fully saturated rings.